The highest BCUT2D eigenvalue weighted by Gasteiger charge is 2.34. The quantitative estimate of drug-likeness (QED) is 0.718. The minimum atomic E-state index is 0.103. The summed E-state index contributed by atoms with van der Waals surface area (Å²) in [6.45, 7) is 1.83. The fourth-order valence-electron chi connectivity index (χ4n) is 4.17. The van der Waals surface area contributed by atoms with Crippen molar-refractivity contribution >= 4 is 0 Å². The summed E-state index contributed by atoms with van der Waals surface area (Å²) >= 11 is 0. The third kappa shape index (κ3) is 3.33. The van der Waals surface area contributed by atoms with E-state index in [1.807, 2.05) is 25.1 Å². The number of nitrogens with zero attached hydrogens (tertiary/aromatic N) is 3. The Labute approximate surface area is 162 Å². The van der Waals surface area contributed by atoms with Gasteiger partial charge in [0.1, 0.15) is 17.6 Å². The maximum absolute atomic E-state index is 10.4. The van der Waals surface area contributed by atoms with Crippen LogP contribution in [0.5, 0.6) is 11.6 Å². The molecule has 144 valence electrons. The summed E-state index contributed by atoms with van der Waals surface area (Å²) in [6.07, 6.45) is 6.34. The second-order valence-corrected chi connectivity index (χ2v) is 7.61. The highest BCUT2D eigenvalue weighted by molar-refractivity contribution is 5.71. The molecule has 3 aromatic rings. The summed E-state index contributed by atoms with van der Waals surface area (Å²) in [5, 5.41) is 22.5. The summed E-state index contributed by atoms with van der Waals surface area (Å²) in [7, 11) is 0. The molecular weight excluding hydrogens is 356 g/mol. The molecule has 2 N–H and O–H groups in total. The minimum Gasteiger partial charge on any atom is -0.507 e. The zero-order chi connectivity index (χ0) is 19.1. The second-order valence-electron chi connectivity index (χ2n) is 7.61. The van der Waals surface area contributed by atoms with Crippen LogP contribution in [-0.4, -0.2) is 38.5 Å². The van der Waals surface area contributed by atoms with Gasteiger partial charge < -0.3 is 19.6 Å². The zero-order valence-corrected chi connectivity index (χ0v) is 15.6. The number of aryl methyl sites for hydroxylation is 1. The third-order valence-corrected chi connectivity index (χ3v) is 5.50. The first-order chi connectivity index (χ1) is 13.6. The van der Waals surface area contributed by atoms with Gasteiger partial charge in [-0.05, 0) is 56.9 Å². The highest BCUT2D eigenvalue weighted by Crippen LogP contribution is 2.33. The Kier molecular flexibility index (Phi) is 4.24. The maximum atomic E-state index is 10.4. The number of aromatic hydroxyl groups is 1. The average Bonchev–Trinajstić information content (AvgIpc) is 3.27. The van der Waals surface area contributed by atoms with Gasteiger partial charge in [-0.2, -0.15) is 0 Å². The van der Waals surface area contributed by atoms with E-state index in [2.05, 4.69) is 20.5 Å². The van der Waals surface area contributed by atoms with Gasteiger partial charge in [-0.15, -0.1) is 10.2 Å². The molecule has 2 fully saturated rings. The molecule has 2 aliphatic heterocycles. The standard InChI is InChI=1S/C21H22N4O3/c1-12-11-22-21(27-12)13-2-5-17(19(26)8-13)18-6-7-20(25-24-18)28-16-9-14-3-4-15(10-16)23-14/h2,5-8,11,14-16,23,26H,3-4,9-10H2,1H3/t14-,15+,16+. The smallest absolute Gasteiger partial charge is 0.233 e. The van der Waals surface area contributed by atoms with Crippen LogP contribution in [0.25, 0.3) is 22.7 Å². The Hall–Kier alpha value is -2.93. The van der Waals surface area contributed by atoms with Crippen molar-refractivity contribution in [2.24, 2.45) is 0 Å². The fraction of sp³-hybridized carbons (Fsp3) is 0.381. The first-order valence-electron chi connectivity index (χ1n) is 9.66. The molecule has 0 amide bonds. The van der Waals surface area contributed by atoms with Crippen molar-refractivity contribution in [1.82, 2.24) is 20.5 Å². The van der Waals surface area contributed by atoms with Gasteiger partial charge in [-0.3, -0.25) is 0 Å². The number of aromatic nitrogens is 3. The second kappa shape index (κ2) is 6.91. The molecule has 28 heavy (non-hydrogen) atoms. The first-order valence-corrected chi connectivity index (χ1v) is 9.66. The number of ether oxygens (including phenoxy) is 1. The minimum absolute atomic E-state index is 0.103. The monoisotopic (exact) mass is 378 g/mol. The lowest BCUT2D eigenvalue weighted by Crippen LogP contribution is -2.42. The predicted molar refractivity (Wildman–Crippen MR) is 103 cm³/mol. The Morgan fingerprint density at radius 3 is 2.57 bits per heavy atom. The molecule has 2 aromatic heterocycles. The lowest BCUT2D eigenvalue weighted by molar-refractivity contribution is 0.130. The molecule has 7 nitrogen and oxygen atoms in total. The molecule has 5 rings (SSSR count). The molecule has 1 aromatic carbocycles. The van der Waals surface area contributed by atoms with Crippen LogP contribution in [0.4, 0.5) is 0 Å². The van der Waals surface area contributed by atoms with Crippen molar-refractivity contribution in [2.75, 3.05) is 0 Å². The van der Waals surface area contributed by atoms with Crippen LogP contribution in [0.3, 0.4) is 0 Å². The fourth-order valence-corrected chi connectivity index (χ4v) is 4.17. The van der Waals surface area contributed by atoms with Gasteiger partial charge in [0.05, 0.1) is 11.9 Å². The SMILES string of the molecule is Cc1cnc(-c2ccc(-c3ccc(O[C@H]4C[C@H]5CC[C@@H](C4)N5)nn3)c(O)c2)o1. The van der Waals surface area contributed by atoms with Gasteiger partial charge >= 0.3 is 0 Å². The van der Waals surface area contributed by atoms with Gasteiger partial charge in [0, 0.05) is 29.3 Å². The van der Waals surface area contributed by atoms with Crippen molar-refractivity contribution in [3.8, 4) is 34.3 Å². The van der Waals surface area contributed by atoms with Crippen LogP contribution < -0.4 is 10.1 Å². The van der Waals surface area contributed by atoms with Crippen molar-refractivity contribution in [1.29, 1.82) is 0 Å². The number of nitrogens with one attached hydrogen (secondary N) is 1. The van der Waals surface area contributed by atoms with Crippen molar-refractivity contribution < 1.29 is 14.3 Å². The number of benzene rings is 1. The average molecular weight is 378 g/mol. The number of phenols is 1. The Morgan fingerprint density at radius 1 is 1.11 bits per heavy atom. The molecular formula is C21H22N4O3. The van der Waals surface area contributed by atoms with Crippen molar-refractivity contribution in [2.45, 2.75) is 50.8 Å². The topological polar surface area (TPSA) is 93.3 Å². The molecule has 2 bridgehead atoms. The highest BCUT2D eigenvalue weighted by atomic mass is 16.5. The molecule has 0 unspecified atom stereocenters. The molecule has 0 aliphatic carbocycles. The van der Waals surface area contributed by atoms with E-state index in [0.29, 0.717) is 40.7 Å². The van der Waals surface area contributed by atoms with Crippen molar-refractivity contribution in [3.05, 3.63) is 42.3 Å². The Bertz CT molecular complexity index is 974. The van der Waals surface area contributed by atoms with E-state index in [1.165, 1.54) is 12.8 Å². The van der Waals surface area contributed by atoms with Crippen LogP contribution in [0, 0.1) is 6.92 Å². The van der Waals surface area contributed by atoms with Gasteiger partial charge in [-0.25, -0.2) is 4.98 Å². The van der Waals surface area contributed by atoms with E-state index in [9.17, 15) is 5.11 Å². The molecule has 0 saturated carbocycles. The number of hydrogen-bond donors (Lipinski definition) is 2. The zero-order valence-electron chi connectivity index (χ0n) is 15.6. The summed E-state index contributed by atoms with van der Waals surface area (Å²) in [5.74, 6) is 1.83. The summed E-state index contributed by atoms with van der Waals surface area (Å²) < 4.78 is 11.5. The normalized spacial score (nSPS) is 23.7. The number of hydrogen-bond acceptors (Lipinski definition) is 7. The number of rotatable bonds is 4. The number of piperidine rings is 1. The van der Waals surface area contributed by atoms with Crippen LogP contribution in [0.1, 0.15) is 31.4 Å². The number of fused-ring (bicyclic) bond motifs is 2. The third-order valence-electron chi connectivity index (χ3n) is 5.50. The summed E-state index contributed by atoms with van der Waals surface area (Å²) in [4.78, 5) is 4.18. The molecule has 3 atom stereocenters. The van der Waals surface area contributed by atoms with Crippen LogP contribution in [0.2, 0.25) is 0 Å². The van der Waals surface area contributed by atoms with E-state index in [0.717, 1.165) is 18.6 Å². The van der Waals surface area contributed by atoms with Gasteiger partial charge in [0.15, 0.2) is 0 Å². The van der Waals surface area contributed by atoms with Crippen LogP contribution >= 0.6 is 0 Å². The lowest BCUT2D eigenvalue weighted by Gasteiger charge is -2.28. The molecule has 4 heterocycles. The molecule has 7 heteroatoms. The lowest BCUT2D eigenvalue weighted by atomic mass is 10.0. The van der Waals surface area contributed by atoms with Crippen LogP contribution in [0.15, 0.2) is 40.9 Å². The van der Waals surface area contributed by atoms with E-state index >= 15 is 0 Å². The largest absolute Gasteiger partial charge is 0.507 e. The summed E-state index contributed by atoms with van der Waals surface area (Å²) in [5.41, 5.74) is 1.90. The predicted octanol–water partition coefficient (Wildman–Crippen LogP) is 3.47. The Balaban J connectivity index is 1.31. The van der Waals surface area contributed by atoms with Gasteiger partial charge in [-0.1, -0.05) is 0 Å². The van der Waals surface area contributed by atoms with E-state index in [4.69, 9.17) is 9.15 Å². The van der Waals surface area contributed by atoms with Crippen molar-refractivity contribution in [3.63, 3.8) is 0 Å². The van der Waals surface area contributed by atoms with Gasteiger partial charge in [0.25, 0.3) is 0 Å². The molecule has 0 spiro atoms. The maximum Gasteiger partial charge on any atom is 0.233 e. The Morgan fingerprint density at radius 2 is 1.93 bits per heavy atom. The molecule has 2 saturated heterocycles. The first kappa shape index (κ1) is 17.2. The van der Waals surface area contributed by atoms with E-state index < -0.39 is 0 Å². The number of oxazole rings is 1. The molecule has 0 radical (unpaired) electrons. The van der Waals surface area contributed by atoms with Crippen LogP contribution in [-0.2, 0) is 0 Å². The summed E-state index contributed by atoms with van der Waals surface area (Å²) in [6, 6.07) is 10.0. The van der Waals surface area contributed by atoms with Gasteiger partial charge in [0.2, 0.25) is 11.8 Å². The van der Waals surface area contributed by atoms with E-state index in [-0.39, 0.29) is 11.9 Å². The van der Waals surface area contributed by atoms with E-state index in [1.54, 1.807) is 18.3 Å². The number of phenolic OH excluding ortho intramolecular Hbond substituents is 1. The molecule has 2 aliphatic rings.